The molecule has 0 spiro atoms. The summed E-state index contributed by atoms with van der Waals surface area (Å²) in [6.07, 6.45) is 4.06. The van der Waals surface area contributed by atoms with E-state index in [-0.39, 0.29) is 5.92 Å². The Balaban J connectivity index is 0. The van der Waals surface area contributed by atoms with Gasteiger partial charge in [-0.2, -0.15) is 0 Å². The molecule has 0 saturated carbocycles. The topological polar surface area (TPSA) is 74.6 Å². The molecule has 0 amide bonds. The van der Waals surface area contributed by atoms with Crippen molar-refractivity contribution in [3.63, 3.8) is 0 Å². The summed E-state index contributed by atoms with van der Waals surface area (Å²) < 4.78 is 0. The van der Waals surface area contributed by atoms with E-state index in [4.69, 9.17) is 10.2 Å². The SMILES string of the molecule is CC(C)CCCCC(=O)O.CCC(C)C(=O)O. The zero-order valence-corrected chi connectivity index (χ0v) is 11.4. The summed E-state index contributed by atoms with van der Waals surface area (Å²) in [5, 5.41) is 16.5. The molecule has 1 unspecified atom stereocenters. The van der Waals surface area contributed by atoms with Crippen molar-refractivity contribution in [3.8, 4) is 0 Å². The number of hydrogen-bond donors (Lipinski definition) is 2. The highest BCUT2D eigenvalue weighted by Gasteiger charge is 2.05. The average molecular weight is 246 g/mol. The lowest BCUT2D eigenvalue weighted by molar-refractivity contribution is -0.141. The largest absolute Gasteiger partial charge is 0.481 e. The van der Waals surface area contributed by atoms with Crippen LogP contribution in [0.3, 0.4) is 0 Å². The van der Waals surface area contributed by atoms with E-state index < -0.39 is 11.9 Å². The first-order valence-corrected chi connectivity index (χ1v) is 6.25. The predicted octanol–water partition coefficient (Wildman–Crippen LogP) is 3.40. The van der Waals surface area contributed by atoms with Crippen LogP contribution in [0.1, 0.15) is 59.8 Å². The Bertz CT molecular complexity index is 211. The minimum atomic E-state index is -0.706. The van der Waals surface area contributed by atoms with Crippen molar-refractivity contribution < 1.29 is 19.8 Å². The summed E-state index contributed by atoms with van der Waals surface area (Å²) in [4.78, 5) is 20.0. The van der Waals surface area contributed by atoms with Crippen molar-refractivity contribution in [3.05, 3.63) is 0 Å². The summed E-state index contributed by atoms with van der Waals surface area (Å²) >= 11 is 0. The van der Waals surface area contributed by atoms with Crippen LogP contribution in [0, 0.1) is 11.8 Å². The van der Waals surface area contributed by atoms with Gasteiger partial charge in [0, 0.05) is 6.42 Å². The van der Waals surface area contributed by atoms with Gasteiger partial charge in [-0.05, 0) is 18.8 Å². The highest BCUT2D eigenvalue weighted by molar-refractivity contribution is 5.69. The van der Waals surface area contributed by atoms with Gasteiger partial charge in [0.1, 0.15) is 0 Å². The van der Waals surface area contributed by atoms with Crippen molar-refractivity contribution in [2.24, 2.45) is 11.8 Å². The van der Waals surface area contributed by atoms with Crippen molar-refractivity contribution in [2.45, 2.75) is 59.8 Å². The minimum absolute atomic E-state index is 0.181. The first kappa shape index (κ1) is 18.3. The quantitative estimate of drug-likeness (QED) is 0.675. The van der Waals surface area contributed by atoms with Crippen LogP contribution in [-0.4, -0.2) is 22.2 Å². The Morgan fingerprint density at radius 1 is 1.06 bits per heavy atom. The third-order valence-corrected chi connectivity index (χ3v) is 2.46. The maximum Gasteiger partial charge on any atom is 0.306 e. The van der Waals surface area contributed by atoms with Crippen LogP contribution in [0.2, 0.25) is 0 Å². The fourth-order valence-electron chi connectivity index (χ4n) is 1.00. The second-order valence-corrected chi connectivity index (χ2v) is 4.68. The number of carboxylic acids is 2. The van der Waals surface area contributed by atoms with E-state index in [9.17, 15) is 9.59 Å². The molecular formula is C13H26O4. The van der Waals surface area contributed by atoms with Gasteiger partial charge in [-0.15, -0.1) is 0 Å². The van der Waals surface area contributed by atoms with Crippen LogP contribution in [0.15, 0.2) is 0 Å². The molecule has 2 N–H and O–H groups in total. The highest BCUT2D eigenvalue weighted by atomic mass is 16.4. The maximum absolute atomic E-state index is 10.0. The summed E-state index contributed by atoms with van der Waals surface area (Å²) in [6, 6.07) is 0. The highest BCUT2D eigenvalue weighted by Crippen LogP contribution is 2.07. The standard InChI is InChI=1S/C8H16O2.C5H10O2/c1-7(2)5-3-4-6-8(9)10;1-3-4(2)5(6)7/h7H,3-6H2,1-2H3,(H,9,10);4H,3H2,1-2H3,(H,6,7). The summed E-state index contributed by atoms with van der Waals surface area (Å²) in [6.45, 7) is 7.86. The van der Waals surface area contributed by atoms with E-state index in [1.54, 1.807) is 6.92 Å². The molecule has 0 aromatic heterocycles. The van der Waals surface area contributed by atoms with Gasteiger partial charge in [0.05, 0.1) is 5.92 Å². The van der Waals surface area contributed by atoms with Gasteiger partial charge >= 0.3 is 11.9 Å². The smallest absolute Gasteiger partial charge is 0.306 e. The average Bonchev–Trinajstić information content (AvgIpc) is 2.23. The van der Waals surface area contributed by atoms with E-state index in [1.165, 1.54) is 0 Å². The molecule has 0 aromatic carbocycles. The van der Waals surface area contributed by atoms with Crippen molar-refractivity contribution in [1.82, 2.24) is 0 Å². The number of rotatable bonds is 7. The van der Waals surface area contributed by atoms with Gasteiger partial charge in [0.2, 0.25) is 0 Å². The van der Waals surface area contributed by atoms with E-state index in [0.29, 0.717) is 12.3 Å². The van der Waals surface area contributed by atoms with Crippen LogP contribution in [0.5, 0.6) is 0 Å². The molecule has 0 bridgehead atoms. The van der Waals surface area contributed by atoms with Crippen LogP contribution in [-0.2, 0) is 9.59 Å². The monoisotopic (exact) mass is 246 g/mol. The van der Waals surface area contributed by atoms with E-state index in [2.05, 4.69) is 13.8 Å². The molecule has 0 aromatic rings. The number of hydrogen-bond acceptors (Lipinski definition) is 2. The Morgan fingerprint density at radius 3 is 1.82 bits per heavy atom. The lowest BCUT2D eigenvalue weighted by atomic mass is 10.1. The van der Waals surface area contributed by atoms with Crippen LogP contribution in [0.25, 0.3) is 0 Å². The molecule has 0 aliphatic carbocycles. The zero-order valence-electron chi connectivity index (χ0n) is 11.4. The molecule has 0 heterocycles. The van der Waals surface area contributed by atoms with E-state index in [0.717, 1.165) is 25.7 Å². The molecule has 17 heavy (non-hydrogen) atoms. The van der Waals surface area contributed by atoms with Gasteiger partial charge in [0.15, 0.2) is 0 Å². The van der Waals surface area contributed by atoms with Crippen molar-refractivity contribution >= 4 is 11.9 Å². The van der Waals surface area contributed by atoms with Crippen LogP contribution < -0.4 is 0 Å². The molecule has 4 heteroatoms. The van der Waals surface area contributed by atoms with Gasteiger partial charge in [-0.1, -0.05) is 40.5 Å². The van der Waals surface area contributed by atoms with Gasteiger partial charge < -0.3 is 10.2 Å². The molecule has 4 nitrogen and oxygen atoms in total. The fourth-order valence-corrected chi connectivity index (χ4v) is 1.00. The third kappa shape index (κ3) is 17.5. The second kappa shape index (κ2) is 11.4. The molecule has 1 atom stereocenters. The van der Waals surface area contributed by atoms with Crippen LogP contribution >= 0.6 is 0 Å². The molecule has 0 aliphatic heterocycles. The summed E-state index contributed by atoms with van der Waals surface area (Å²) in [5.74, 6) is -0.861. The lowest BCUT2D eigenvalue weighted by Crippen LogP contribution is -2.06. The first-order valence-electron chi connectivity index (χ1n) is 6.25. The van der Waals surface area contributed by atoms with E-state index >= 15 is 0 Å². The normalized spacial score (nSPS) is 11.6. The van der Waals surface area contributed by atoms with Gasteiger partial charge in [-0.25, -0.2) is 0 Å². The maximum atomic E-state index is 10.0. The number of aliphatic carboxylic acids is 2. The molecule has 0 aliphatic rings. The fraction of sp³-hybridized carbons (Fsp3) is 0.846. The third-order valence-electron chi connectivity index (χ3n) is 2.46. The Labute approximate surface area is 104 Å². The van der Waals surface area contributed by atoms with Crippen molar-refractivity contribution in [1.29, 1.82) is 0 Å². The van der Waals surface area contributed by atoms with Crippen LogP contribution in [0.4, 0.5) is 0 Å². The predicted molar refractivity (Wildman–Crippen MR) is 68.0 cm³/mol. The van der Waals surface area contributed by atoms with E-state index in [1.807, 2.05) is 6.92 Å². The molecule has 0 rings (SSSR count). The summed E-state index contributed by atoms with van der Waals surface area (Å²) in [5.41, 5.74) is 0. The molecular weight excluding hydrogens is 220 g/mol. The van der Waals surface area contributed by atoms with Gasteiger partial charge in [-0.3, -0.25) is 9.59 Å². The molecule has 0 saturated heterocycles. The minimum Gasteiger partial charge on any atom is -0.481 e. The molecule has 0 radical (unpaired) electrons. The Kier molecular flexibility index (Phi) is 12.3. The Morgan fingerprint density at radius 2 is 1.59 bits per heavy atom. The van der Waals surface area contributed by atoms with Gasteiger partial charge in [0.25, 0.3) is 0 Å². The zero-order chi connectivity index (χ0) is 13.8. The number of carbonyl (C=O) groups is 2. The Hall–Kier alpha value is -1.06. The molecule has 102 valence electrons. The first-order chi connectivity index (χ1) is 7.81. The second-order valence-electron chi connectivity index (χ2n) is 4.68. The summed E-state index contributed by atoms with van der Waals surface area (Å²) in [7, 11) is 0. The van der Waals surface area contributed by atoms with Crippen molar-refractivity contribution in [2.75, 3.05) is 0 Å². The lowest BCUT2D eigenvalue weighted by Gasteiger charge is -2.01. The number of carboxylic acid groups (broad SMARTS) is 2. The molecule has 0 fully saturated rings. The number of unbranched alkanes of at least 4 members (excludes halogenated alkanes) is 1.